The Balaban J connectivity index is 2.30. The molecule has 1 amide bonds. The summed E-state index contributed by atoms with van der Waals surface area (Å²) in [5.74, 6) is -0.326. The van der Waals surface area contributed by atoms with Gasteiger partial charge in [0.15, 0.2) is 0 Å². The second kappa shape index (κ2) is 5.63. The van der Waals surface area contributed by atoms with Crippen molar-refractivity contribution in [3.63, 3.8) is 0 Å². The van der Waals surface area contributed by atoms with Crippen molar-refractivity contribution in [2.75, 3.05) is 24.5 Å². The lowest BCUT2D eigenvalue weighted by atomic mass is 10.1. The van der Waals surface area contributed by atoms with Crippen molar-refractivity contribution in [1.29, 1.82) is 0 Å². The smallest absolute Gasteiger partial charge is 0.357 e. The number of hydrogen-bond donors (Lipinski definition) is 0. The lowest BCUT2D eigenvalue weighted by Crippen LogP contribution is -2.60. The lowest BCUT2D eigenvalue weighted by molar-refractivity contribution is -0.160. The minimum atomic E-state index is -4.38. The third-order valence-corrected chi connectivity index (χ3v) is 3.84. The van der Waals surface area contributed by atoms with E-state index in [1.54, 1.807) is 24.3 Å². The van der Waals surface area contributed by atoms with Crippen LogP contribution >= 0.6 is 15.9 Å². The Kier molecular flexibility index (Phi) is 4.27. The maximum atomic E-state index is 13.2. The van der Waals surface area contributed by atoms with E-state index < -0.39 is 12.2 Å². The maximum Gasteiger partial charge on any atom is 0.410 e. The quantitative estimate of drug-likeness (QED) is 0.777. The molecule has 1 heterocycles. The van der Waals surface area contributed by atoms with E-state index in [9.17, 15) is 18.0 Å². The molecule has 110 valence electrons. The van der Waals surface area contributed by atoms with Gasteiger partial charge in [-0.05, 0) is 18.2 Å². The van der Waals surface area contributed by atoms with Gasteiger partial charge in [-0.25, -0.2) is 0 Å². The summed E-state index contributed by atoms with van der Waals surface area (Å²) in [6.45, 7) is 1.43. The Morgan fingerprint density at radius 2 is 2.05 bits per heavy atom. The monoisotopic (exact) mass is 350 g/mol. The number of hydrogen-bond acceptors (Lipinski definition) is 2. The molecule has 0 saturated carbocycles. The Hall–Kier alpha value is -1.24. The zero-order chi connectivity index (χ0) is 14.9. The van der Waals surface area contributed by atoms with Gasteiger partial charge >= 0.3 is 6.18 Å². The van der Waals surface area contributed by atoms with Crippen LogP contribution in [0.1, 0.15) is 6.92 Å². The molecular weight excluding hydrogens is 337 g/mol. The van der Waals surface area contributed by atoms with Crippen molar-refractivity contribution in [2.45, 2.75) is 19.1 Å². The standard InChI is InChI=1S/C13H14BrF3N2O/c1-9(20)18-5-6-19(12(8-18)13(15,16)17)11-4-2-3-10(14)7-11/h2-4,7,12H,5-6,8H2,1H3. The first-order valence-electron chi connectivity index (χ1n) is 6.13. The maximum absolute atomic E-state index is 13.2. The first-order valence-corrected chi connectivity index (χ1v) is 6.93. The summed E-state index contributed by atoms with van der Waals surface area (Å²) in [6.07, 6.45) is -4.38. The van der Waals surface area contributed by atoms with Crippen molar-refractivity contribution < 1.29 is 18.0 Å². The van der Waals surface area contributed by atoms with Gasteiger partial charge in [0.05, 0.1) is 0 Å². The molecule has 3 nitrogen and oxygen atoms in total. The highest BCUT2D eigenvalue weighted by atomic mass is 79.9. The highest BCUT2D eigenvalue weighted by Crippen LogP contribution is 2.32. The molecule has 1 aliphatic rings. The summed E-state index contributed by atoms with van der Waals surface area (Å²) in [6, 6.07) is 5.09. The number of carbonyl (C=O) groups excluding carboxylic acids is 1. The molecule has 0 N–H and O–H groups in total. The van der Waals surface area contributed by atoms with E-state index >= 15 is 0 Å². The SMILES string of the molecule is CC(=O)N1CCN(c2cccc(Br)c2)C(C(F)(F)F)C1. The van der Waals surface area contributed by atoms with Crippen molar-refractivity contribution >= 4 is 27.5 Å². The Morgan fingerprint density at radius 1 is 1.35 bits per heavy atom. The summed E-state index contributed by atoms with van der Waals surface area (Å²) >= 11 is 3.26. The zero-order valence-electron chi connectivity index (χ0n) is 10.8. The van der Waals surface area contributed by atoms with Gasteiger partial charge in [-0.15, -0.1) is 0 Å². The fraction of sp³-hybridized carbons (Fsp3) is 0.462. The Bertz CT molecular complexity index is 507. The van der Waals surface area contributed by atoms with Crippen LogP contribution in [0.25, 0.3) is 0 Å². The Labute approximate surface area is 123 Å². The molecule has 1 saturated heterocycles. The number of amides is 1. The molecule has 1 atom stereocenters. The van der Waals surface area contributed by atoms with Gasteiger partial charge in [0.1, 0.15) is 6.04 Å². The van der Waals surface area contributed by atoms with Crippen LogP contribution in [0.2, 0.25) is 0 Å². The summed E-state index contributed by atoms with van der Waals surface area (Å²) < 4.78 is 40.4. The number of halogens is 4. The van der Waals surface area contributed by atoms with Crippen molar-refractivity contribution in [3.05, 3.63) is 28.7 Å². The van der Waals surface area contributed by atoms with E-state index in [-0.39, 0.29) is 19.0 Å². The molecule has 0 radical (unpaired) electrons. The molecule has 2 rings (SSSR count). The largest absolute Gasteiger partial charge is 0.410 e. The van der Waals surface area contributed by atoms with Crippen LogP contribution in [0.4, 0.5) is 18.9 Å². The summed E-state index contributed by atoms with van der Waals surface area (Å²) in [5.41, 5.74) is 0.505. The van der Waals surface area contributed by atoms with Crippen LogP contribution in [0.15, 0.2) is 28.7 Å². The number of rotatable bonds is 1. The number of piperazine rings is 1. The number of alkyl halides is 3. The molecule has 0 aliphatic carbocycles. The molecule has 1 aliphatic heterocycles. The fourth-order valence-electron chi connectivity index (χ4n) is 2.31. The van der Waals surface area contributed by atoms with E-state index in [0.717, 1.165) is 4.47 Å². The van der Waals surface area contributed by atoms with E-state index in [1.807, 2.05) is 0 Å². The van der Waals surface area contributed by atoms with Gasteiger partial charge in [-0.3, -0.25) is 4.79 Å². The number of nitrogens with zero attached hydrogens (tertiary/aromatic N) is 2. The van der Waals surface area contributed by atoms with Crippen molar-refractivity contribution in [3.8, 4) is 0 Å². The highest BCUT2D eigenvalue weighted by molar-refractivity contribution is 9.10. The normalized spacial score (nSPS) is 20.1. The van der Waals surface area contributed by atoms with E-state index in [4.69, 9.17) is 0 Å². The average Bonchev–Trinajstić information content (AvgIpc) is 2.37. The van der Waals surface area contributed by atoms with Crippen LogP contribution in [-0.2, 0) is 4.79 Å². The summed E-state index contributed by atoms with van der Waals surface area (Å²) in [4.78, 5) is 13.9. The topological polar surface area (TPSA) is 23.6 Å². The van der Waals surface area contributed by atoms with Gasteiger partial charge in [-0.1, -0.05) is 22.0 Å². The van der Waals surface area contributed by atoms with Gasteiger partial charge in [0.2, 0.25) is 5.91 Å². The van der Waals surface area contributed by atoms with Gasteiger partial charge < -0.3 is 9.80 Å². The van der Waals surface area contributed by atoms with Crippen LogP contribution in [0, 0.1) is 0 Å². The van der Waals surface area contributed by atoms with Crippen molar-refractivity contribution in [2.24, 2.45) is 0 Å². The van der Waals surface area contributed by atoms with Crippen molar-refractivity contribution in [1.82, 2.24) is 4.90 Å². The number of anilines is 1. The van der Waals surface area contributed by atoms with Gasteiger partial charge in [0, 0.05) is 36.7 Å². The first kappa shape index (κ1) is 15.2. The predicted molar refractivity (Wildman–Crippen MR) is 73.6 cm³/mol. The third-order valence-electron chi connectivity index (χ3n) is 3.34. The molecule has 1 fully saturated rings. The fourth-order valence-corrected chi connectivity index (χ4v) is 2.70. The lowest BCUT2D eigenvalue weighted by Gasteiger charge is -2.43. The molecular formula is C13H14BrF3N2O. The highest BCUT2D eigenvalue weighted by Gasteiger charge is 2.47. The molecule has 0 bridgehead atoms. The van der Waals surface area contributed by atoms with Crippen LogP contribution in [0.5, 0.6) is 0 Å². The van der Waals surface area contributed by atoms with E-state index in [2.05, 4.69) is 15.9 Å². The van der Waals surface area contributed by atoms with E-state index in [1.165, 1.54) is 16.7 Å². The minimum absolute atomic E-state index is 0.167. The molecule has 1 unspecified atom stereocenters. The third kappa shape index (κ3) is 3.26. The predicted octanol–water partition coefficient (Wildman–Crippen LogP) is 3.05. The molecule has 7 heteroatoms. The van der Waals surface area contributed by atoms with Gasteiger partial charge in [0.25, 0.3) is 0 Å². The number of benzene rings is 1. The molecule has 20 heavy (non-hydrogen) atoms. The van der Waals surface area contributed by atoms with E-state index in [0.29, 0.717) is 12.2 Å². The summed E-state index contributed by atoms with van der Waals surface area (Å²) in [5, 5.41) is 0. The van der Waals surface area contributed by atoms with Crippen LogP contribution < -0.4 is 4.90 Å². The molecule has 0 spiro atoms. The number of carbonyl (C=O) groups is 1. The van der Waals surface area contributed by atoms with Crippen LogP contribution in [0.3, 0.4) is 0 Å². The van der Waals surface area contributed by atoms with Crippen LogP contribution in [-0.4, -0.2) is 42.7 Å². The first-order chi connectivity index (χ1) is 9.29. The second-order valence-electron chi connectivity index (χ2n) is 4.70. The molecule has 0 aromatic heterocycles. The minimum Gasteiger partial charge on any atom is -0.357 e. The second-order valence-corrected chi connectivity index (χ2v) is 5.61. The van der Waals surface area contributed by atoms with Gasteiger partial charge in [-0.2, -0.15) is 13.2 Å². The zero-order valence-corrected chi connectivity index (χ0v) is 12.4. The average molecular weight is 351 g/mol. The molecule has 1 aromatic carbocycles. The summed E-state index contributed by atoms with van der Waals surface area (Å²) in [7, 11) is 0. The Morgan fingerprint density at radius 3 is 2.60 bits per heavy atom. The molecule has 1 aromatic rings.